The van der Waals surface area contributed by atoms with Crippen LogP contribution in [-0.2, 0) is 23.0 Å². The first kappa shape index (κ1) is 24.4. The fourth-order valence-corrected chi connectivity index (χ4v) is 5.14. The fourth-order valence-electron chi connectivity index (χ4n) is 4.55. The van der Waals surface area contributed by atoms with Crippen LogP contribution < -0.4 is 14.4 Å². The summed E-state index contributed by atoms with van der Waals surface area (Å²) in [5, 5.41) is 1.17. The maximum absolute atomic E-state index is 11.8. The zero-order valence-corrected chi connectivity index (χ0v) is 20.9. The van der Waals surface area contributed by atoms with Crippen molar-refractivity contribution < 1.29 is 13.2 Å². The summed E-state index contributed by atoms with van der Waals surface area (Å²) < 4.78 is 31.6. The first-order valence-corrected chi connectivity index (χ1v) is 13.4. The molecule has 0 spiro atoms. The lowest BCUT2D eigenvalue weighted by atomic mass is 10.1. The van der Waals surface area contributed by atoms with Gasteiger partial charge >= 0.3 is 0 Å². The van der Waals surface area contributed by atoms with Gasteiger partial charge in [0.05, 0.1) is 19.1 Å². The van der Waals surface area contributed by atoms with Gasteiger partial charge in [0.25, 0.3) is 0 Å². The molecule has 2 N–H and O–H groups in total. The first-order chi connectivity index (χ1) is 16.4. The van der Waals surface area contributed by atoms with Crippen LogP contribution in [0.3, 0.4) is 0 Å². The van der Waals surface area contributed by atoms with E-state index in [1.54, 1.807) is 26.6 Å². The van der Waals surface area contributed by atoms with Crippen LogP contribution in [0, 0.1) is 0 Å². The molecule has 1 aliphatic rings. The minimum Gasteiger partial charge on any atom is -0.491 e. The van der Waals surface area contributed by atoms with Crippen molar-refractivity contribution >= 4 is 26.7 Å². The number of nitrogens with zero attached hydrogens (tertiary/aromatic N) is 4. The van der Waals surface area contributed by atoms with Crippen molar-refractivity contribution in [1.29, 1.82) is 0 Å². The molecule has 1 fully saturated rings. The Bertz CT molecular complexity index is 1210. The monoisotopic (exact) mass is 486 g/mol. The van der Waals surface area contributed by atoms with Crippen molar-refractivity contribution in [3.8, 4) is 5.75 Å². The molecule has 0 bridgehead atoms. The van der Waals surface area contributed by atoms with E-state index in [9.17, 15) is 8.42 Å². The topological polar surface area (TPSA) is 103 Å². The molecule has 184 valence electrons. The molecule has 9 nitrogen and oxygen atoms in total. The Morgan fingerprint density at radius 3 is 2.91 bits per heavy atom. The maximum Gasteiger partial charge on any atom is 0.211 e. The van der Waals surface area contributed by atoms with Gasteiger partial charge in [-0.1, -0.05) is 6.07 Å². The smallest absolute Gasteiger partial charge is 0.211 e. The molecule has 2 aromatic heterocycles. The van der Waals surface area contributed by atoms with Crippen molar-refractivity contribution in [2.75, 3.05) is 43.9 Å². The Morgan fingerprint density at radius 2 is 2.15 bits per heavy atom. The van der Waals surface area contributed by atoms with Gasteiger partial charge in [-0.25, -0.2) is 23.1 Å². The maximum atomic E-state index is 11.8. The van der Waals surface area contributed by atoms with Gasteiger partial charge in [-0.2, -0.15) is 0 Å². The molecule has 3 heterocycles. The van der Waals surface area contributed by atoms with Gasteiger partial charge in [-0.05, 0) is 56.5 Å². The number of rotatable bonds is 10. The van der Waals surface area contributed by atoms with Crippen molar-refractivity contribution in [3.05, 3.63) is 48.0 Å². The predicted molar refractivity (Wildman–Crippen MR) is 135 cm³/mol. The molecule has 0 radical (unpaired) electrons. The number of H-pyrrole nitrogens is 1. The van der Waals surface area contributed by atoms with E-state index in [-0.39, 0.29) is 5.75 Å². The molecule has 0 saturated carbocycles. The van der Waals surface area contributed by atoms with Gasteiger partial charge in [-0.15, -0.1) is 0 Å². The first-order valence-electron chi connectivity index (χ1n) is 11.8. The SMILES string of the molecule is CCS(=O)(=O)NCc1ccc2[nH]cc(CCCN3CCN(c4ncncc4OC)C(C)C3)c2c1. The second kappa shape index (κ2) is 10.7. The van der Waals surface area contributed by atoms with E-state index in [1.807, 2.05) is 12.1 Å². The van der Waals surface area contributed by atoms with Crippen molar-refractivity contribution in [2.24, 2.45) is 0 Å². The number of aryl methyl sites for hydroxylation is 1. The van der Waals surface area contributed by atoms with Crippen LogP contribution in [0.25, 0.3) is 10.9 Å². The van der Waals surface area contributed by atoms with E-state index in [4.69, 9.17) is 4.74 Å². The summed E-state index contributed by atoms with van der Waals surface area (Å²) in [6.45, 7) is 8.07. The zero-order chi connectivity index (χ0) is 24.1. The summed E-state index contributed by atoms with van der Waals surface area (Å²) in [5.41, 5.74) is 3.32. The number of piperazine rings is 1. The molecule has 10 heteroatoms. The lowest BCUT2D eigenvalue weighted by Crippen LogP contribution is -2.52. The third-order valence-corrected chi connectivity index (χ3v) is 7.84. The van der Waals surface area contributed by atoms with Crippen LogP contribution in [0.4, 0.5) is 5.82 Å². The van der Waals surface area contributed by atoms with Crippen molar-refractivity contribution in [3.63, 3.8) is 0 Å². The van der Waals surface area contributed by atoms with Crippen LogP contribution in [-0.4, -0.2) is 73.4 Å². The number of benzene rings is 1. The largest absolute Gasteiger partial charge is 0.491 e. The molecule has 3 aromatic rings. The van der Waals surface area contributed by atoms with E-state index in [1.165, 1.54) is 10.9 Å². The number of hydrogen-bond donors (Lipinski definition) is 2. The third kappa shape index (κ3) is 5.68. The highest BCUT2D eigenvalue weighted by atomic mass is 32.2. The van der Waals surface area contributed by atoms with Gasteiger partial charge in [0.15, 0.2) is 11.6 Å². The normalized spacial score (nSPS) is 17.4. The summed E-state index contributed by atoms with van der Waals surface area (Å²) in [5.74, 6) is 1.66. The van der Waals surface area contributed by atoms with E-state index >= 15 is 0 Å². The van der Waals surface area contributed by atoms with Gasteiger partial charge in [0, 0.05) is 49.3 Å². The van der Waals surface area contributed by atoms with Crippen LogP contribution in [0.1, 0.15) is 31.4 Å². The number of aromatic nitrogens is 3. The second-order valence-electron chi connectivity index (χ2n) is 8.78. The fraction of sp³-hybridized carbons (Fsp3) is 0.500. The summed E-state index contributed by atoms with van der Waals surface area (Å²) >= 11 is 0. The standard InChI is InChI=1S/C24H34N6O3S/c1-4-34(31,32)28-13-19-7-8-22-21(12-19)20(14-26-22)6-5-9-29-10-11-30(18(2)16-29)24-23(33-3)15-25-17-27-24/h7-8,12,14-15,17-18,26,28H,4-6,9-11,13,16H2,1-3H3. The predicted octanol–water partition coefficient (Wildman–Crippen LogP) is 2.55. The Morgan fingerprint density at radius 1 is 1.29 bits per heavy atom. The molecule has 4 rings (SSSR count). The average Bonchev–Trinajstić information content (AvgIpc) is 3.25. The van der Waals surface area contributed by atoms with Crippen LogP contribution in [0.2, 0.25) is 0 Å². The Kier molecular flexibility index (Phi) is 7.70. The molecular weight excluding hydrogens is 452 g/mol. The average molecular weight is 487 g/mol. The number of aromatic amines is 1. The number of sulfonamides is 1. The minimum absolute atomic E-state index is 0.0874. The van der Waals surface area contributed by atoms with Crippen LogP contribution >= 0.6 is 0 Å². The van der Waals surface area contributed by atoms with E-state index in [2.05, 4.69) is 48.7 Å². The van der Waals surface area contributed by atoms with Crippen molar-refractivity contribution in [2.45, 2.75) is 39.3 Å². The highest BCUT2D eigenvalue weighted by Gasteiger charge is 2.26. The highest BCUT2D eigenvalue weighted by Crippen LogP contribution is 2.27. The second-order valence-corrected chi connectivity index (χ2v) is 10.9. The van der Waals surface area contributed by atoms with Crippen LogP contribution in [0.15, 0.2) is 36.9 Å². The molecule has 1 atom stereocenters. The number of methoxy groups -OCH3 is 1. The number of fused-ring (bicyclic) bond motifs is 1. The van der Waals surface area contributed by atoms with E-state index in [0.717, 1.165) is 55.9 Å². The van der Waals surface area contributed by atoms with Gasteiger partial charge < -0.3 is 14.6 Å². The molecule has 0 aliphatic carbocycles. The van der Waals surface area contributed by atoms with Crippen molar-refractivity contribution in [1.82, 2.24) is 24.6 Å². The summed E-state index contributed by atoms with van der Waals surface area (Å²) in [6, 6.07) is 6.42. The lowest BCUT2D eigenvalue weighted by molar-refractivity contribution is 0.225. The summed E-state index contributed by atoms with van der Waals surface area (Å²) in [7, 11) is -1.55. The minimum atomic E-state index is -3.21. The molecule has 1 aliphatic heterocycles. The molecule has 1 unspecified atom stereocenters. The molecule has 1 aromatic carbocycles. The Hall–Kier alpha value is -2.69. The van der Waals surface area contributed by atoms with Gasteiger partial charge in [-0.3, -0.25) is 4.90 Å². The van der Waals surface area contributed by atoms with Gasteiger partial charge in [0.2, 0.25) is 10.0 Å². The summed E-state index contributed by atoms with van der Waals surface area (Å²) in [4.78, 5) is 16.7. The number of anilines is 1. The number of ether oxygens (including phenoxy) is 1. The Balaban J connectivity index is 1.32. The number of nitrogens with one attached hydrogen (secondary N) is 2. The molecule has 1 saturated heterocycles. The molecular formula is C24H34N6O3S. The molecule has 34 heavy (non-hydrogen) atoms. The van der Waals surface area contributed by atoms with Crippen LogP contribution in [0.5, 0.6) is 5.75 Å². The molecule has 0 amide bonds. The lowest BCUT2D eigenvalue weighted by Gasteiger charge is -2.40. The van der Waals surface area contributed by atoms with Gasteiger partial charge in [0.1, 0.15) is 6.33 Å². The highest BCUT2D eigenvalue weighted by molar-refractivity contribution is 7.89. The Labute approximate surface area is 201 Å². The van der Waals surface area contributed by atoms with E-state index in [0.29, 0.717) is 18.3 Å². The summed E-state index contributed by atoms with van der Waals surface area (Å²) in [6.07, 6.45) is 7.39. The quantitative estimate of drug-likeness (QED) is 0.454. The third-order valence-electron chi connectivity index (χ3n) is 6.49. The zero-order valence-electron chi connectivity index (χ0n) is 20.1. The van der Waals surface area contributed by atoms with E-state index < -0.39 is 10.0 Å². The number of hydrogen-bond acceptors (Lipinski definition) is 7.